The van der Waals surface area contributed by atoms with Gasteiger partial charge in [-0.05, 0) is 18.2 Å². The summed E-state index contributed by atoms with van der Waals surface area (Å²) in [4.78, 5) is 34.6. The quantitative estimate of drug-likeness (QED) is 0.197. The second-order valence-electron chi connectivity index (χ2n) is 6.27. The van der Waals surface area contributed by atoms with Crippen LogP contribution in [0.25, 0.3) is 0 Å². The van der Waals surface area contributed by atoms with Gasteiger partial charge in [-0.1, -0.05) is 0 Å². The molecule has 1 atom stereocenters. The number of benzene rings is 2. The summed E-state index contributed by atoms with van der Waals surface area (Å²) in [5.41, 5.74) is -0.134. The van der Waals surface area contributed by atoms with E-state index >= 15 is 0 Å². The Bertz CT molecular complexity index is 997. The third-order valence-corrected chi connectivity index (χ3v) is 4.55. The van der Waals surface area contributed by atoms with Gasteiger partial charge >= 0.3 is 5.97 Å². The summed E-state index contributed by atoms with van der Waals surface area (Å²) in [6.07, 6.45) is -1.50. The largest absolute Gasteiger partial charge is 0.493 e. The fourth-order valence-electron chi connectivity index (χ4n) is 3.00. The maximum absolute atomic E-state index is 12.8. The van der Waals surface area contributed by atoms with Gasteiger partial charge in [0.15, 0.2) is 23.0 Å². The molecule has 0 spiro atoms. The van der Waals surface area contributed by atoms with Crippen molar-refractivity contribution in [3.8, 4) is 28.7 Å². The molecule has 2 rings (SSSR count). The van der Waals surface area contributed by atoms with Crippen molar-refractivity contribution in [3.05, 3.63) is 45.5 Å². The van der Waals surface area contributed by atoms with E-state index in [1.807, 2.05) is 0 Å². The number of carbonyl (C=O) groups is 2. The van der Waals surface area contributed by atoms with Crippen LogP contribution < -0.4 is 23.7 Å². The molecule has 0 bridgehead atoms. The molecule has 33 heavy (non-hydrogen) atoms. The normalized spacial score (nSPS) is 11.1. The van der Waals surface area contributed by atoms with Gasteiger partial charge in [-0.3, -0.25) is 14.9 Å². The average molecular weight is 465 g/mol. The zero-order valence-corrected chi connectivity index (χ0v) is 18.6. The van der Waals surface area contributed by atoms with Gasteiger partial charge in [-0.25, -0.2) is 4.79 Å². The number of hydrogen-bond donors (Lipinski definition) is 0. The number of nitro benzene ring substituents is 1. The van der Waals surface area contributed by atoms with Crippen molar-refractivity contribution in [3.63, 3.8) is 0 Å². The van der Waals surface area contributed by atoms with Gasteiger partial charge < -0.3 is 33.2 Å². The van der Waals surface area contributed by atoms with Crippen molar-refractivity contribution in [1.82, 2.24) is 0 Å². The van der Waals surface area contributed by atoms with Crippen LogP contribution in [0.15, 0.2) is 24.3 Å². The lowest BCUT2D eigenvalue weighted by atomic mass is 10.1. The molecule has 0 heterocycles. The molecule has 0 amide bonds. The molecule has 2 aromatic rings. The van der Waals surface area contributed by atoms with E-state index in [0.29, 0.717) is 0 Å². The molecule has 0 aliphatic heterocycles. The molecule has 0 N–H and O–H groups in total. The molecule has 0 radical (unpaired) electrons. The van der Waals surface area contributed by atoms with Crippen LogP contribution in [0.4, 0.5) is 5.69 Å². The molecule has 178 valence electrons. The smallest absolute Gasteiger partial charge is 0.352 e. The molecular weight excluding hydrogens is 442 g/mol. The molecule has 12 nitrogen and oxygen atoms in total. The van der Waals surface area contributed by atoms with Crippen LogP contribution in [0.1, 0.15) is 17.2 Å². The Kier molecular flexibility index (Phi) is 8.66. The van der Waals surface area contributed by atoms with Gasteiger partial charge in [-0.15, -0.1) is 0 Å². The zero-order valence-electron chi connectivity index (χ0n) is 18.6. The summed E-state index contributed by atoms with van der Waals surface area (Å²) in [6.45, 7) is -0.424. The van der Waals surface area contributed by atoms with Gasteiger partial charge in [0.25, 0.3) is 12.2 Å². The van der Waals surface area contributed by atoms with Crippen LogP contribution in [0.5, 0.6) is 28.7 Å². The third-order valence-electron chi connectivity index (χ3n) is 4.55. The minimum Gasteiger partial charge on any atom is -0.493 e. The van der Waals surface area contributed by atoms with Crippen LogP contribution in [-0.4, -0.2) is 52.9 Å². The van der Waals surface area contributed by atoms with E-state index in [4.69, 9.17) is 33.2 Å². The summed E-state index contributed by atoms with van der Waals surface area (Å²) in [5, 5.41) is 11.5. The van der Waals surface area contributed by atoms with Crippen molar-refractivity contribution in [1.29, 1.82) is 0 Å². The lowest BCUT2D eigenvalue weighted by Gasteiger charge is -2.19. The molecule has 0 aliphatic carbocycles. The Morgan fingerprint density at radius 3 is 1.91 bits per heavy atom. The Hall–Kier alpha value is -4.22. The summed E-state index contributed by atoms with van der Waals surface area (Å²) in [5.74, 6) is 0.0612. The second kappa shape index (κ2) is 11.4. The topological polar surface area (TPSA) is 142 Å². The third kappa shape index (κ3) is 5.53. The predicted molar refractivity (Wildman–Crippen MR) is 112 cm³/mol. The molecule has 2 aromatic carbocycles. The van der Waals surface area contributed by atoms with Gasteiger partial charge in [0, 0.05) is 5.56 Å². The molecule has 0 fully saturated rings. The SMILES string of the molecule is COc1cc(COC(=O)C(OC=O)c2cc(OC)c(OC)c(OC)c2)c([N+](=O)[O-])cc1OC. The summed E-state index contributed by atoms with van der Waals surface area (Å²) < 4.78 is 36.1. The number of ether oxygens (including phenoxy) is 7. The van der Waals surface area contributed by atoms with Crippen molar-refractivity contribution >= 4 is 18.1 Å². The number of nitro groups is 1. The maximum Gasteiger partial charge on any atom is 0.352 e. The molecule has 1 unspecified atom stereocenters. The molecule has 0 saturated carbocycles. The van der Waals surface area contributed by atoms with Crippen molar-refractivity contribution in [2.75, 3.05) is 35.5 Å². The highest BCUT2D eigenvalue weighted by Gasteiger charge is 2.29. The van der Waals surface area contributed by atoms with Crippen molar-refractivity contribution in [2.24, 2.45) is 0 Å². The van der Waals surface area contributed by atoms with Crippen LogP contribution in [0.3, 0.4) is 0 Å². The fourth-order valence-corrected chi connectivity index (χ4v) is 3.00. The highest BCUT2D eigenvalue weighted by atomic mass is 16.6. The van der Waals surface area contributed by atoms with Crippen LogP contribution in [-0.2, 0) is 25.7 Å². The molecule has 0 aliphatic rings. The van der Waals surface area contributed by atoms with Crippen molar-refractivity contribution < 1.29 is 47.7 Å². The van der Waals surface area contributed by atoms with Gasteiger partial charge in [0.2, 0.25) is 11.9 Å². The van der Waals surface area contributed by atoms with E-state index < -0.39 is 23.6 Å². The van der Waals surface area contributed by atoms with E-state index in [1.165, 1.54) is 53.7 Å². The Labute approximate surface area is 189 Å². The van der Waals surface area contributed by atoms with Crippen molar-refractivity contribution in [2.45, 2.75) is 12.7 Å². The van der Waals surface area contributed by atoms with Gasteiger partial charge in [0.05, 0.1) is 52.1 Å². The Morgan fingerprint density at radius 2 is 1.45 bits per heavy atom. The first kappa shape index (κ1) is 25.0. The summed E-state index contributed by atoms with van der Waals surface area (Å²) >= 11 is 0. The van der Waals surface area contributed by atoms with Gasteiger partial charge in [-0.2, -0.15) is 0 Å². The monoisotopic (exact) mass is 465 g/mol. The summed E-state index contributed by atoms with van der Waals surface area (Å²) in [6, 6.07) is 5.30. The summed E-state index contributed by atoms with van der Waals surface area (Å²) in [7, 11) is 6.86. The van der Waals surface area contributed by atoms with E-state index in [-0.39, 0.29) is 52.0 Å². The number of rotatable bonds is 12. The number of esters is 1. The van der Waals surface area contributed by atoms with E-state index in [1.54, 1.807) is 0 Å². The molecule has 12 heteroatoms. The first-order valence-electron chi connectivity index (χ1n) is 9.29. The minimum absolute atomic E-state index is 0.0424. The van der Waals surface area contributed by atoms with E-state index in [9.17, 15) is 19.7 Å². The highest BCUT2D eigenvalue weighted by Crippen LogP contribution is 2.40. The standard InChI is InChI=1S/C21H23NO11/c1-27-15-8-13(14(22(25)26)9-16(15)28-2)10-32-21(24)19(33-11-23)12-6-17(29-3)20(31-5)18(7-12)30-4/h6-9,11,19H,10H2,1-5H3. The van der Waals surface area contributed by atoms with E-state index in [0.717, 1.165) is 6.07 Å². The molecular formula is C21H23NO11. The van der Waals surface area contributed by atoms with Gasteiger partial charge in [0.1, 0.15) is 6.61 Å². The minimum atomic E-state index is -1.50. The van der Waals surface area contributed by atoms with E-state index in [2.05, 4.69) is 0 Å². The van der Waals surface area contributed by atoms with Crippen LogP contribution in [0, 0.1) is 10.1 Å². The Morgan fingerprint density at radius 1 is 0.909 bits per heavy atom. The second-order valence-corrected chi connectivity index (χ2v) is 6.27. The molecule has 0 saturated heterocycles. The number of hydrogen-bond acceptors (Lipinski definition) is 11. The fraction of sp³-hybridized carbons (Fsp3) is 0.333. The Balaban J connectivity index is 2.38. The molecule has 0 aromatic heterocycles. The average Bonchev–Trinajstić information content (AvgIpc) is 2.83. The predicted octanol–water partition coefficient (Wildman–Crippen LogP) is 2.60. The van der Waals surface area contributed by atoms with Crippen LogP contribution >= 0.6 is 0 Å². The first-order valence-corrected chi connectivity index (χ1v) is 9.29. The first-order chi connectivity index (χ1) is 15.8. The highest BCUT2D eigenvalue weighted by molar-refractivity contribution is 5.79. The number of methoxy groups -OCH3 is 5. The number of carbonyl (C=O) groups excluding carboxylic acids is 2. The zero-order chi connectivity index (χ0) is 24.5. The lowest BCUT2D eigenvalue weighted by molar-refractivity contribution is -0.385. The lowest BCUT2D eigenvalue weighted by Crippen LogP contribution is -2.19. The van der Waals surface area contributed by atoms with Crippen LogP contribution in [0.2, 0.25) is 0 Å². The number of nitrogens with zero attached hydrogens (tertiary/aromatic N) is 1. The maximum atomic E-state index is 12.8.